The molecule has 5 amide bonds. The summed E-state index contributed by atoms with van der Waals surface area (Å²) >= 11 is 0. The number of benzene rings is 1. The minimum atomic E-state index is -0.736. The largest absolute Gasteiger partial charge is 0.444 e. The number of hydrogen-bond donors (Lipinski definition) is 3. The van der Waals surface area contributed by atoms with Crippen LogP contribution in [0.25, 0.3) is 0 Å². The zero-order valence-corrected chi connectivity index (χ0v) is 19.7. The molecule has 2 aliphatic heterocycles. The third kappa shape index (κ3) is 5.90. The molecule has 0 bridgehead atoms. The van der Waals surface area contributed by atoms with Gasteiger partial charge >= 0.3 is 6.09 Å². The summed E-state index contributed by atoms with van der Waals surface area (Å²) in [5.74, 6) is -1.51. The molecule has 184 valence electrons. The van der Waals surface area contributed by atoms with Gasteiger partial charge < -0.3 is 25.6 Å². The number of amides is 5. The van der Waals surface area contributed by atoms with E-state index in [9.17, 15) is 24.0 Å². The second-order valence-electron chi connectivity index (χ2n) is 9.29. The third-order valence-corrected chi connectivity index (χ3v) is 5.52. The number of fused-ring (bicyclic) bond motifs is 1. The number of nitrogens with zero attached hydrogens (tertiary/aromatic N) is 2. The molecule has 1 saturated heterocycles. The first-order valence-electron chi connectivity index (χ1n) is 11.2. The molecule has 34 heavy (non-hydrogen) atoms. The Kier molecular flexibility index (Phi) is 7.55. The maximum Gasteiger partial charge on any atom is 0.410 e. The molecule has 0 radical (unpaired) electrons. The van der Waals surface area contributed by atoms with Crippen LogP contribution in [0, 0.1) is 0 Å². The van der Waals surface area contributed by atoms with Gasteiger partial charge in [0.2, 0.25) is 17.7 Å². The molecule has 0 aromatic heterocycles. The minimum absolute atomic E-state index is 0.00765. The first-order valence-corrected chi connectivity index (χ1v) is 11.2. The normalized spacial score (nSPS) is 17.8. The van der Waals surface area contributed by atoms with E-state index < -0.39 is 23.6 Å². The van der Waals surface area contributed by atoms with Gasteiger partial charge in [-0.3, -0.25) is 24.5 Å². The number of carbonyl (C=O) groups is 5. The molecule has 11 nitrogen and oxygen atoms in total. The first kappa shape index (κ1) is 25.2. The second-order valence-corrected chi connectivity index (χ2v) is 9.29. The van der Waals surface area contributed by atoms with Crippen LogP contribution in [0.2, 0.25) is 0 Å². The van der Waals surface area contributed by atoms with Gasteiger partial charge in [-0.25, -0.2) is 4.79 Å². The van der Waals surface area contributed by atoms with Crippen LogP contribution in [0.4, 0.5) is 10.5 Å². The molecule has 1 unspecified atom stereocenters. The van der Waals surface area contributed by atoms with Crippen LogP contribution in [-0.4, -0.2) is 70.8 Å². The smallest absolute Gasteiger partial charge is 0.410 e. The fraction of sp³-hybridized carbons (Fsp3) is 0.522. The number of ether oxygens (including phenoxy) is 1. The number of anilines is 1. The molecule has 2 aliphatic rings. The van der Waals surface area contributed by atoms with Crippen LogP contribution >= 0.6 is 0 Å². The molecule has 11 heteroatoms. The van der Waals surface area contributed by atoms with E-state index in [0.29, 0.717) is 16.8 Å². The molecule has 1 aromatic carbocycles. The molecule has 2 heterocycles. The Morgan fingerprint density at radius 1 is 1.24 bits per heavy atom. The molecular weight excluding hydrogens is 442 g/mol. The Morgan fingerprint density at radius 3 is 2.62 bits per heavy atom. The monoisotopic (exact) mass is 473 g/mol. The molecule has 0 saturated carbocycles. The summed E-state index contributed by atoms with van der Waals surface area (Å²) < 4.78 is 5.36. The van der Waals surface area contributed by atoms with Crippen LogP contribution < -0.4 is 16.4 Å². The van der Waals surface area contributed by atoms with Gasteiger partial charge in [0.1, 0.15) is 11.6 Å². The Balaban J connectivity index is 1.65. The van der Waals surface area contributed by atoms with E-state index in [2.05, 4.69) is 10.6 Å². The number of nitrogens with one attached hydrogen (secondary N) is 2. The van der Waals surface area contributed by atoms with Gasteiger partial charge in [0.05, 0.1) is 0 Å². The molecule has 0 spiro atoms. The lowest BCUT2D eigenvalue weighted by Gasteiger charge is -2.29. The summed E-state index contributed by atoms with van der Waals surface area (Å²) in [5.41, 5.74) is 6.40. The highest BCUT2D eigenvalue weighted by Crippen LogP contribution is 2.32. The number of piperidine rings is 1. The van der Waals surface area contributed by atoms with Crippen molar-refractivity contribution >= 4 is 35.4 Å². The molecule has 4 N–H and O–H groups in total. The Bertz CT molecular complexity index is 1000. The summed E-state index contributed by atoms with van der Waals surface area (Å²) in [7, 11) is 0. The Hall–Kier alpha value is -3.47. The van der Waals surface area contributed by atoms with Crippen molar-refractivity contribution in [3.63, 3.8) is 0 Å². The van der Waals surface area contributed by atoms with E-state index in [1.165, 1.54) is 9.80 Å². The maximum absolute atomic E-state index is 12.9. The van der Waals surface area contributed by atoms with E-state index in [-0.39, 0.29) is 63.2 Å². The van der Waals surface area contributed by atoms with Crippen molar-refractivity contribution in [2.24, 2.45) is 5.73 Å². The molecule has 1 fully saturated rings. The predicted octanol–water partition coefficient (Wildman–Crippen LogP) is 0.972. The maximum atomic E-state index is 12.9. The van der Waals surface area contributed by atoms with Crippen LogP contribution in [0.15, 0.2) is 18.2 Å². The van der Waals surface area contributed by atoms with E-state index in [1.807, 2.05) is 0 Å². The van der Waals surface area contributed by atoms with Crippen molar-refractivity contribution in [2.45, 2.75) is 58.2 Å². The van der Waals surface area contributed by atoms with Crippen molar-refractivity contribution in [1.82, 2.24) is 15.1 Å². The highest BCUT2D eigenvalue weighted by Gasteiger charge is 2.40. The zero-order chi connectivity index (χ0) is 25.0. The number of imide groups is 1. The average Bonchev–Trinajstić information content (AvgIpc) is 3.07. The van der Waals surface area contributed by atoms with Gasteiger partial charge in [0.25, 0.3) is 5.91 Å². The van der Waals surface area contributed by atoms with Gasteiger partial charge in [-0.1, -0.05) is 6.07 Å². The number of hydrogen-bond acceptors (Lipinski definition) is 7. The molecule has 1 atom stereocenters. The predicted molar refractivity (Wildman–Crippen MR) is 123 cm³/mol. The summed E-state index contributed by atoms with van der Waals surface area (Å²) in [5, 5.41) is 5.08. The van der Waals surface area contributed by atoms with Crippen LogP contribution in [-0.2, 0) is 25.7 Å². The van der Waals surface area contributed by atoms with Crippen LogP contribution in [0.1, 0.15) is 56.0 Å². The van der Waals surface area contributed by atoms with E-state index in [0.717, 1.165) is 0 Å². The number of nitrogens with two attached hydrogens (primary N) is 1. The Morgan fingerprint density at radius 2 is 1.97 bits per heavy atom. The Labute approximate surface area is 198 Å². The fourth-order valence-corrected chi connectivity index (χ4v) is 3.93. The lowest BCUT2D eigenvalue weighted by Crippen LogP contribution is -2.52. The highest BCUT2D eigenvalue weighted by atomic mass is 16.6. The van der Waals surface area contributed by atoms with Crippen molar-refractivity contribution in [2.75, 3.05) is 25.0 Å². The summed E-state index contributed by atoms with van der Waals surface area (Å²) in [4.78, 5) is 64.4. The van der Waals surface area contributed by atoms with Crippen molar-refractivity contribution in [3.8, 4) is 0 Å². The standard InChI is InChI=1S/C23H31N5O6/c1-23(2,3)34-22(33)27(12-10-24)11-9-19(30)25-16-6-4-5-14-15(16)13-28(21(14)32)17-7-8-18(29)26-20(17)31/h4-6,17H,7-13,24H2,1-3H3,(H,25,30)(H,26,29,31). The highest BCUT2D eigenvalue weighted by molar-refractivity contribution is 6.06. The number of rotatable bonds is 7. The van der Waals surface area contributed by atoms with Gasteiger partial charge in [-0.15, -0.1) is 0 Å². The van der Waals surface area contributed by atoms with Crippen molar-refractivity contribution in [1.29, 1.82) is 0 Å². The summed E-state index contributed by atoms with van der Waals surface area (Å²) in [6.45, 7) is 6.01. The van der Waals surface area contributed by atoms with E-state index in [4.69, 9.17) is 10.5 Å². The quantitative estimate of drug-likeness (QED) is 0.499. The van der Waals surface area contributed by atoms with E-state index >= 15 is 0 Å². The molecular formula is C23H31N5O6. The lowest BCUT2D eigenvalue weighted by atomic mass is 10.0. The van der Waals surface area contributed by atoms with Crippen molar-refractivity contribution < 1.29 is 28.7 Å². The third-order valence-electron chi connectivity index (χ3n) is 5.52. The summed E-state index contributed by atoms with van der Waals surface area (Å²) in [6.07, 6.45) is -0.116. The van der Waals surface area contributed by atoms with Crippen LogP contribution in [0.3, 0.4) is 0 Å². The lowest BCUT2D eigenvalue weighted by molar-refractivity contribution is -0.137. The SMILES string of the molecule is CC(C)(C)OC(=O)N(CCN)CCC(=O)Nc1cccc2c1CN(C1CCC(=O)NC1=O)C2=O. The van der Waals surface area contributed by atoms with E-state index in [1.54, 1.807) is 39.0 Å². The average molecular weight is 474 g/mol. The van der Waals surface area contributed by atoms with Gasteiger partial charge in [0, 0.05) is 55.8 Å². The fourth-order valence-electron chi connectivity index (χ4n) is 3.93. The van der Waals surface area contributed by atoms with Gasteiger partial charge in [-0.2, -0.15) is 0 Å². The number of carbonyl (C=O) groups excluding carboxylic acids is 5. The molecule has 3 rings (SSSR count). The van der Waals surface area contributed by atoms with Gasteiger partial charge in [0.15, 0.2) is 0 Å². The van der Waals surface area contributed by atoms with Gasteiger partial charge in [-0.05, 0) is 39.3 Å². The van der Waals surface area contributed by atoms with Crippen LogP contribution in [0.5, 0.6) is 0 Å². The summed E-state index contributed by atoms with van der Waals surface area (Å²) in [6, 6.07) is 4.25. The molecule has 1 aromatic rings. The first-order chi connectivity index (χ1) is 16.0. The topological polar surface area (TPSA) is 151 Å². The second kappa shape index (κ2) is 10.2. The van der Waals surface area contributed by atoms with Crippen molar-refractivity contribution in [3.05, 3.63) is 29.3 Å². The molecule has 0 aliphatic carbocycles. The minimum Gasteiger partial charge on any atom is -0.444 e. The zero-order valence-electron chi connectivity index (χ0n) is 19.7.